The largest absolute Gasteiger partial charge is 0.494 e. The molecular weight excluding hydrogens is 496 g/mol. The quantitative estimate of drug-likeness (QED) is 0.194. The average molecular weight is 529 g/mol. The van der Waals surface area contributed by atoms with Gasteiger partial charge in [-0.1, -0.05) is 73.2 Å². The molecular formula is C34H32N4O2. The molecule has 3 N–H and O–H groups in total. The van der Waals surface area contributed by atoms with E-state index < -0.39 is 0 Å². The fourth-order valence-corrected chi connectivity index (χ4v) is 5.33. The van der Waals surface area contributed by atoms with Crippen molar-refractivity contribution in [3.05, 3.63) is 125 Å². The number of nitrogens with zero attached hydrogens (tertiary/aromatic N) is 2. The van der Waals surface area contributed by atoms with Crippen molar-refractivity contribution in [2.75, 3.05) is 18.4 Å². The lowest BCUT2D eigenvalue weighted by molar-refractivity contribution is 0.102. The fourth-order valence-electron chi connectivity index (χ4n) is 5.33. The predicted octanol–water partition coefficient (Wildman–Crippen LogP) is 7.28. The first-order valence-corrected chi connectivity index (χ1v) is 13.8. The number of fused-ring (bicyclic) bond motifs is 1. The van der Waals surface area contributed by atoms with Crippen molar-refractivity contribution in [3.8, 4) is 5.88 Å². The lowest BCUT2D eigenvalue weighted by atomic mass is 10.00. The molecule has 5 aromatic rings. The summed E-state index contributed by atoms with van der Waals surface area (Å²) in [5.74, 6) is -0.203. The van der Waals surface area contributed by atoms with Crippen molar-refractivity contribution in [1.82, 2.24) is 9.88 Å². The zero-order valence-electron chi connectivity index (χ0n) is 22.3. The number of anilines is 1. The van der Waals surface area contributed by atoms with Gasteiger partial charge in [-0.15, -0.1) is 0 Å². The Morgan fingerprint density at radius 2 is 1.52 bits per heavy atom. The summed E-state index contributed by atoms with van der Waals surface area (Å²) in [7, 11) is 0. The summed E-state index contributed by atoms with van der Waals surface area (Å²) in [6, 6.07) is 33.0. The highest BCUT2D eigenvalue weighted by molar-refractivity contribution is 6.22. The van der Waals surface area contributed by atoms with Gasteiger partial charge in [-0.05, 0) is 67.9 Å². The van der Waals surface area contributed by atoms with Crippen LogP contribution in [-0.4, -0.2) is 39.7 Å². The van der Waals surface area contributed by atoms with Crippen LogP contribution in [0, 0.1) is 0 Å². The molecule has 0 unspecified atom stereocenters. The van der Waals surface area contributed by atoms with Gasteiger partial charge in [-0.3, -0.25) is 9.69 Å². The molecule has 1 aromatic heterocycles. The predicted molar refractivity (Wildman–Crippen MR) is 162 cm³/mol. The molecule has 1 aliphatic rings. The zero-order valence-corrected chi connectivity index (χ0v) is 22.3. The molecule has 0 radical (unpaired) electrons. The Bertz CT molecular complexity index is 1630. The number of aromatic amines is 1. The van der Waals surface area contributed by atoms with E-state index in [0.29, 0.717) is 22.4 Å². The van der Waals surface area contributed by atoms with E-state index in [1.807, 2.05) is 78.9 Å². The monoisotopic (exact) mass is 528 g/mol. The van der Waals surface area contributed by atoms with Crippen molar-refractivity contribution >= 4 is 33.9 Å². The van der Waals surface area contributed by atoms with E-state index in [2.05, 4.69) is 27.3 Å². The van der Waals surface area contributed by atoms with Crippen molar-refractivity contribution in [2.45, 2.75) is 25.8 Å². The summed E-state index contributed by atoms with van der Waals surface area (Å²) in [6.07, 6.45) is 3.88. The number of aliphatic imine (C=N–C) groups is 1. The van der Waals surface area contributed by atoms with Gasteiger partial charge < -0.3 is 15.4 Å². The topological polar surface area (TPSA) is 80.7 Å². The molecule has 40 heavy (non-hydrogen) atoms. The Balaban J connectivity index is 1.33. The summed E-state index contributed by atoms with van der Waals surface area (Å²) in [4.78, 5) is 23.5. The van der Waals surface area contributed by atoms with Crippen LogP contribution in [0.4, 0.5) is 11.4 Å². The smallest absolute Gasteiger partial charge is 0.255 e. The number of carbonyl (C=O) groups is 1. The van der Waals surface area contributed by atoms with Crippen LogP contribution in [-0.2, 0) is 6.54 Å². The molecule has 200 valence electrons. The molecule has 0 aliphatic carbocycles. The van der Waals surface area contributed by atoms with Gasteiger partial charge in [0.15, 0.2) is 5.88 Å². The van der Waals surface area contributed by atoms with Gasteiger partial charge in [0.05, 0.1) is 17.0 Å². The van der Waals surface area contributed by atoms with Crippen molar-refractivity contribution in [1.29, 1.82) is 0 Å². The van der Waals surface area contributed by atoms with E-state index in [-0.39, 0.29) is 11.8 Å². The minimum absolute atomic E-state index is 0.0138. The number of H-pyrrole nitrogens is 1. The Kier molecular flexibility index (Phi) is 7.42. The Hall–Kier alpha value is -4.68. The Morgan fingerprint density at radius 1 is 0.825 bits per heavy atom. The third-order valence-corrected chi connectivity index (χ3v) is 7.39. The molecule has 0 atom stereocenters. The van der Waals surface area contributed by atoms with Crippen LogP contribution in [0.25, 0.3) is 10.9 Å². The van der Waals surface area contributed by atoms with Gasteiger partial charge in [0, 0.05) is 34.3 Å². The van der Waals surface area contributed by atoms with Crippen LogP contribution in [0.15, 0.2) is 108 Å². The first-order valence-electron chi connectivity index (χ1n) is 13.8. The van der Waals surface area contributed by atoms with Crippen LogP contribution in [0.3, 0.4) is 0 Å². The highest BCUT2D eigenvalue weighted by Crippen LogP contribution is 2.32. The van der Waals surface area contributed by atoms with Crippen molar-refractivity contribution < 1.29 is 9.90 Å². The number of aromatic hydroxyl groups is 1. The van der Waals surface area contributed by atoms with Crippen LogP contribution >= 0.6 is 0 Å². The number of aromatic nitrogens is 1. The molecule has 2 heterocycles. The lowest BCUT2D eigenvalue weighted by Crippen LogP contribution is -2.28. The number of amides is 1. The second kappa shape index (κ2) is 11.6. The van der Waals surface area contributed by atoms with Gasteiger partial charge in [0.1, 0.15) is 0 Å². The summed E-state index contributed by atoms with van der Waals surface area (Å²) >= 11 is 0. The maximum absolute atomic E-state index is 12.9. The zero-order chi connectivity index (χ0) is 27.3. The van der Waals surface area contributed by atoms with Gasteiger partial charge in [-0.2, -0.15) is 0 Å². The molecule has 4 aromatic carbocycles. The van der Waals surface area contributed by atoms with Crippen molar-refractivity contribution in [2.24, 2.45) is 4.99 Å². The molecule has 1 fully saturated rings. The molecule has 0 bridgehead atoms. The van der Waals surface area contributed by atoms with E-state index in [9.17, 15) is 9.90 Å². The molecule has 1 aliphatic heterocycles. The third kappa shape index (κ3) is 5.67. The third-order valence-electron chi connectivity index (χ3n) is 7.39. The second-order valence-electron chi connectivity index (χ2n) is 10.3. The minimum Gasteiger partial charge on any atom is -0.494 e. The van der Waals surface area contributed by atoms with Crippen LogP contribution in [0.5, 0.6) is 5.88 Å². The number of para-hydroxylation sites is 1. The summed E-state index contributed by atoms with van der Waals surface area (Å²) in [5.41, 5.74) is 6.13. The maximum atomic E-state index is 12.9. The number of benzene rings is 4. The molecule has 1 amide bonds. The van der Waals surface area contributed by atoms with E-state index in [1.54, 1.807) is 12.1 Å². The SMILES string of the molecule is O=C(Nc1ccccc1)c1ccc2c(C(=Nc3ccc(CN4CCCCC4)cc3)c3ccccc3)c(O)[nH]c2c1. The number of nitrogens with one attached hydrogen (secondary N) is 2. The first kappa shape index (κ1) is 25.6. The van der Waals surface area contributed by atoms with Crippen molar-refractivity contribution in [3.63, 3.8) is 0 Å². The summed E-state index contributed by atoms with van der Waals surface area (Å²) in [6.45, 7) is 3.28. The lowest BCUT2D eigenvalue weighted by Gasteiger charge is -2.26. The molecule has 6 nitrogen and oxygen atoms in total. The molecule has 6 heteroatoms. The van der Waals surface area contributed by atoms with Crippen LogP contribution < -0.4 is 5.32 Å². The number of hydrogen-bond acceptors (Lipinski definition) is 4. The first-order chi connectivity index (χ1) is 19.6. The minimum atomic E-state index is -0.217. The van der Waals surface area contributed by atoms with E-state index in [1.165, 1.54) is 24.8 Å². The van der Waals surface area contributed by atoms with Crippen LogP contribution in [0.2, 0.25) is 0 Å². The molecule has 6 rings (SSSR count). The van der Waals surface area contributed by atoms with E-state index >= 15 is 0 Å². The number of carbonyl (C=O) groups excluding carboxylic acids is 1. The molecule has 0 saturated carbocycles. The highest BCUT2D eigenvalue weighted by Gasteiger charge is 2.20. The standard InChI is InChI=1S/C34H32N4O2/c39-33(36-27-12-6-2-7-13-27)26-16-19-29-30(22-26)37-34(40)31(29)32(25-10-4-1-5-11-25)35-28-17-14-24(15-18-28)23-38-20-8-3-9-21-38/h1-2,4-7,10-19,22,37,40H,3,8-9,20-21,23H2,(H,36,39). The normalized spacial score (nSPS) is 14.3. The van der Waals surface area contributed by atoms with Gasteiger partial charge in [0.25, 0.3) is 5.91 Å². The number of piperidine rings is 1. The fraction of sp³-hybridized carbons (Fsp3) is 0.176. The average Bonchev–Trinajstić information content (AvgIpc) is 3.33. The molecule has 0 spiro atoms. The highest BCUT2D eigenvalue weighted by atomic mass is 16.3. The summed E-state index contributed by atoms with van der Waals surface area (Å²) in [5, 5.41) is 14.8. The molecule has 1 saturated heterocycles. The number of hydrogen-bond donors (Lipinski definition) is 3. The van der Waals surface area contributed by atoms with E-state index in [0.717, 1.165) is 42.0 Å². The van der Waals surface area contributed by atoms with Gasteiger partial charge in [0.2, 0.25) is 0 Å². The van der Waals surface area contributed by atoms with Gasteiger partial charge in [-0.25, -0.2) is 4.99 Å². The summed E-state index contributed by atoms with van der Waals surface area (Å²) < 4.78 is 0. The second-order valence-corrected chi connectivity index (χ2v) is 10.3. The maximum Gasteiger partial charge on any atom is 0.255 e. The van der Waals surface area contributed by atoms with Crippen LogP contribution in [0.1, 0.15) is 46.3 Å². The van der Waals surface area contributed by atoms with Gasteiger partial charge >= 0.3 is 0 Å². The number of rotatable bonds is 7. The number of likely N-dealkylation sites (tertiary alicyclic amines) is 1. The Labute approximate surface area is 234 Å². The Morgan fingerprint density at radius 3 is 2.25 bits per heavy atom. The van der Waals surface area contributed by atoms with E-state index in [4.69, 9.17) is 4.99 Å².